The number of carbonyl (C=O) groups excluding carboxylic acids is 2. The van der Waals surface area contributed by atoms with Crippen molar-refractivity contribution in [2.75, 3.05) is 19.8 Å². The highest BCUT2D eigenvalue weighted by molar-refractivity contribution is 6.04. The monoisotopic (exact) mass is 459 g/mol. The van der Waals surface area contributed by atoms with Crippen LogP contribution in [0.3, 0.4) is 0 Å². The highest BCUT2D eigenvalue weighted by atomic mass is 16.6. The molecule has 178 valence electrons. The van der Waals surface area contributed by atoms with Crippen LogP contribution in [0.25, 0.3) is 0 Å². The number of ketones is 1. The predicted molar refractivity (Wildman–Crippen MR) is 132 cm³/mol. The molecule has 0 aromatic heterocycles. The number of esters is 1. The number of dihydropyridines is 1. The molecule has 1 N–H and O–H groups in total. The SMILES string of the molecule is CCOCCOC(=O)C1=C(C)NC2=C(C(=O)C[C@H](c3ccccc3)C2)[C@@H]1c1ccc(CC)cc1. The third-order valence-corrected chi connectivity index (χ3v) is 6.70. The van der Waals surface area contributed by atoms with Crippen LogP contribution >= 0.6 is 0 Å². The maximum atomic E-state index is 13.6. The Morgan fingerprint density at radius 2 is 1.71 bits per heavy atom. The van der Waals surface area contributed by atoms with Crippen molar-refractivity contribution < 1.29 is 19.1 Å². The molecule has 1 aliphatic heterocycles. The van der Waals surface area contributed by atoms with Crippen molar-refractivity contribution in [3.63, 3.8) is 0 Å². The van der Waals surface area contributed by atoms with Crippen molar-refractivity contribution in [2.45, 2.75) is 51.9 Å². The van der Waals surface area contributed by atoms with Gasteiger partial charge < -0.3 is 14.8 Å². The lowest BCUT2D eigenvalue weighted by molar-refractivity contribution is -0.140. The van der Waals surface area contributed by atoms with Crippen molar-refractivity contribution in [3.8, 4) is 0 Å². The van der Waals surface area contributed by atoms with Gasteiger partial charge in [-0.05, 0) is 49.3 Å². The largest absolute Gasteiger partial charge is 0.460 e. The fourth-order valence-corrected chi connectivity index (χ4v) is 4.97. The van der Waals surface area contributed by atoms with Gasteiger partial charge in [0, 0.05) is 35.9 Å². The number of rotatable bonds is 8. The Morgan fingerprint density at radius 1 is 0.971 bits per heavy atom. The van der Waals surface area contributed by atoms with E-state index in [1.807, 2.05) is 44.2 Å². The first-order valence-corrected chi connectivity index (χ1v) is 12.2. The molecule has 2 aliphatic rings. The first-order valence-electron chi connectivity index (χ1n) is 12.2. The second-order valence-electron chi connectivity index (χ2n) is 8.86. The number of nitrogens with one attached hydrogen (secondary N) is 1. The van der Waals surface area contributed by atoms with Crippen molar-refractivity contribution in [1.82, 2.24) is 5.32 Å². The minimum atomic E-state index is -0.439. The van der Waals surface area contributed by atoms with Gasteiger partial charge in [0.2, 0.25) is 0 Å². The van der Waals surface area contributed by atoms with Crippen molar-refractivity contribution >= 4 is 11.8 Å². The van der Waals surface area contributed by atoms with E-state index in [-0.39, 0.29) is 18.3 Å². The molecule has 1 aliphatic carbocycles. The lowest BCUT2D eigenvalue weighted by atomic mass is 9.71. The molecule has 0 spiro atoms. The van der Waals surface area contributed by atoms with Crippen LogP contribution in [0.15, 0.2) is 77.1 Å². The van der Waals surface area contributed by atoms with E-state index in [4.69, 9.17) is 9.47 Å². The van der Waals surface area contributed by atoms with Gasteiger partial charge in [0.1, 0.15) is 6.61 Å². The zero-order valence-electron chi connectivity index (χ0n) is 20.2. The average molecular weight is 460 g/mol. The highest BCUT2D eigenvalue weighted by Gasteiger charge is 2.41. The summed E-state index contributed by atoms with van der Waals surface area (Å²) in [6.07, 6.45) is 2.09. The van der Waals surface area contributed by atoms with E-state index < -0.39 is 11.9 Å². The van der Waals surface area contributed by atoms with Gasteiger partial charge >= 0.3 is 5.97 Å². The first kappa shape index (κ1) is 24.0. The minimum Gasteiger partial charge on any atom is -0.460 e. The summed E-state index contributed by atoms with van der Waals surface area (Å²) in [7, 11) is 0. The minimum absolute atomic E-state index is 0.0827. The molecule has 0 amide bonds. The van der Waals surface area contributed by atoms with E-state index in [0.717, 1.165) is 35.4 Å². The van der Waals surface area contributed by atoms with Gasteiger partial charge in [0.25, 0.3) is 0 Å². The van der Waals surface area contributed by atoms with Gasteiger partial charge in [-0.15, -0.1) is 0 Å². The summed E-state index contributed by atoms with van der Waals surface area (Å²) in [6, 6.07) is 18.4. The molecule has 2 aromatic carbocycles. The van der Waals surface area contributed by atoms with Crippen LogP contribution < -0.4 is 5.32 Å². The quantitative estimate of drug-likeness (QED) is 0.435. The zero-order chi connectivity index (χ0) is 24.1. The van der Waals surface area contributed by atoms with Gasteiger partial charge in [-0.1, -0.05) is 61.5 Å². The summed E-state index contributed by atoms with van der Waals surface area (Å²) >= 11 is 0. The average Bonchev–Trinajstić information content (AvgIpc) is 2.86. The number of allylic oxidation sites excluding steroid dienone is 3. The van der Waals surface area contributed by atoms with Gasteiger partial charge in [0.15, 0.2) is 5.78 Å². The van der Waals surface area contributed by atoms with E-state index in [1.54, 1.807) is 0 Å². The molecule has 1 heterocycles. The van der Waals surface area contributed by atoms with E-state index in [0.29, 0.717) is 30.8 Å². The number of ether oxygens (including phenoxy) is 2. The van der Waals surface area contributed by atoms with Crippen LogP contribution in [-0.2, 0) is 25.5 Å². The Kier molecular flexibility index (Phi) is 7.63. The molecule has 5 nitrogen and oxygen atoms in total. The summed E-state index contributed by atoms with van der Waals surface area (Å²) in [5.41, 5.74) is 6.17. The summed E-state index contributed by atoms with van der Waals surface area (Å²) in [5, 5.41) is 3.41. The molecule has 0 bridgehead atoms. The summed E-state index contributed by atoms with van der Waals surface area (Å²) in [4.78, 5) is 26.8. The van der Waals surface area contributed by atoms with E-state index >= 15 is 0 Å². The fraction of sp³-hybridized carbons (Fsp3) is 0.379. The van der Waals surface area contributed by atoms with Crippen molar-refractivity contribution in [3.05, 3.63) is 93.8 Å². The molecule has 0 saturated carbocycles. The van der Waals surface area contributed by atoms with Crippen LogP contribution in [-0.4, -0.2) is 31.6 Å². The third kappa shape index (κ3) is 5.00. The number of hydrogen-bond acceptors (Lipinski definition) is 5. The van der Waals surface area contributed by atoms with Crippen LogP contribution in [0.1, 0.15) is 62.1 Å². The smallest absolute Gasteiger partial charge is 0.336 e. The predicted octanol–water partition coefficient (Wildman–Crippen LogP) is 5.19. The molecule has 5 heteroatoms. The second-order valence-corrected chi connectivity index (χ2v) is 8.86. The number of benzene rings is 2. The summed E-state index contributed by atoms with van der Waals surface area (Å²) in [5.74, 6) is -0.639. The summed E-state index contributed by atoms with van der Waals surface area (Å²) in [6.45, 7) is 7.01. The zero-order valence-corrected chi connectivity index (χ0v) is 20.2. The number of Topliss-reactive ketones (excluding diaryl/α,β-unsaturated/α-hetero) is 1. The molecular formula is C29H33NO4. The molecular weight excluding hydrogens is 426 g/mol. The maximum absolute atomic E-state index is 13.6. The molecule has 0 unspecified atom stereocenters. The van der Waals surface area contributed by atoms with Gasteiger partial charge in [-0.2, -0.15) is 0 Å². The van der Waals surface area contributed by atoms with Crippen LogP contribution in [0.2, 0.25) is 0 Å². The molecule has 34 heavy (non-hydrogen) atoms. The Balaban J connectivity index is 1.71. The molecule has 2 aromatic rings. The van der Waals surface area contributed by atoms with E-state index in [1.165, 1.54) is 5.56 Å². The fourth-order valence-electron chi connectivity index (χ4n) is 4.97. The molecule has 2 atom stereocenters. The van der Waals surface area contributed by atoms with Crippen LogP contribution in [0.4, 0.5) is 0 Å². The lowest BCUT2D eigenvalue weighted by Crippen LogP contribution is -2.36. The Hall–Kier alpha value is -3.18. The Bertz CT molecular complexity index is 1100. The van der Waals surface area contributed by atoms with Crippen LogP contribution in [0, 0.1) is 0 Å². The van der Waals surface area contributed by atoms with Crippen molar-refractivity contribution in [1.29, 1.82) is 0 Å². The summed E-state index contributed by atoms with van der Waals surface area (Å²) < 4.78 is 10.9. The molecule has 0 radical (unpaired) electrons. The Morgan fingerprint density at radius 3 is 2.38 bits per heavy atom. The number of aryl methyl sites for hydroxylation is 1. The van der Waals surface area contributed by atoms with Gasteiger partial charge in [0.05, 0.1) is 12.2 Å². The first-order chi connectivity index (χ1) is 16.5. The molecule has 0 saturated heterocycles. The van der Waals surface area contributed by atoms with Crippen LogP contribution in [0.5, 0.6) is 0 Å². The molecule has 0 fully saturated rings. The number of carbonyl (C=O) groups is 2. The Labute approximate surface area is 201 Å². The lowest BCUT2D eigenvalue weighted by Gasteiger charge is -2.36. The second kappa shape index (κ2) is 10.8. The van der Waals surface area contributed by atoms with Crippen molar-refractivity contribution in [2.24, 2.45) is 0 Å². The standard InChI is InChI=1S/C29H33NO4/c1-4-20-11-13-22(14-12-20)27-26(29(32)34-16-15-33-5-2)19(3)30-24-17-23(18-25(31)28(24)27)21-9-7-6-8-10-21/h6-14,23,27,30H,4-5,15-18H2,1-3H3/t23-,27-/m1/s1. The van der Waals surface area contributed by atoms with Gasteiger partial charge in [-0.25, -0.2) is 4.79 Å². The van der Waals surface area contributed by atoms with Gasteiger partial charge in [-0.3, -0.25) is 4.79 Å². The van der Waals surface area contributed by atoms with E-state index in [9.17, 15) is 9.59 Å². The highest BCUT2D eigenvalue weighted by Crippen LogP contribution is 2.45. The third-order valence-electron chi connectivity index (χ3n) is 6.70. The normalized spacial score (nSPS) is 20.1. The topological polar surface area (TPSA) is 64.6 Å². The van der Waals surface area contributed by atoms with E-state index in [2.05, 4.69) is 36.5 Å². The number of hydrogen-bond donors (Lipinski definition) is 1. The maximum Gasteiger partial charge on any atom is 0.336 e. The molecule has 4 rings (SSSR count).